The van der Waals surface area contributed by atoms with E-state index in [9.17, 15) is 18.0 Å². The zero-order valence-electron chi connectivity index (χ0n) is 12.0. The Morgan fingerprint density at radius 2 is 2.00 bits per heavy atom. The first kappa shape index (κ1) is 16.2. The minimum Gasteiger partial charge on any atom is -0.449 e. The third kappa shape index (κ3) is 3.74. The first-order valence-corrected chi connectivity index (χ1v) is 8.27. The minimum absolute atomic E-state index is 0.0257. The molecule has 1 aliphatic rings. The van der Waals surface area contributed by atoms with Crippen LogP contribution in [0.2, 0.25) is 0 Å². The van der Waals surface area contributed by atoms with Crippen LogP contribution in [-0.4, -0.2) is 33.6 Å². The second-order valence-electron chi connectivity index (χ2n) is 4.59. The summed E-state index contributed by atoms with van der Waals surface area (Å²) in [6, 6.07) is 5.86. The quantitative estimate of drug-likeness (QED) is 0.777. The first-order chi connectivity index (χ1) is 10.4. The molecule has 1 fully saturated rings. The first-order valence-electron chi connectivity index (χ1n) is 6.79. The average molecular weight is 327 g/mol. The zero-order valence-corrected chi connectivity index (χ0v) is 12.9. The largest absolute Gasteiger partial charge is 0.449 e. The summed E-state index contributed by atoms with van der Waals surface area (Å²) >= 11 is 0. The van der Waals surface area contributed by atoms with E-state index in [0.717, 1.165) is 6.42 Å². The van der Waals surface area contributed by atoms with Gasteiger partial charge in [-0.25, -0.2) is 18.6 Å². The third-order valence-electron chi connectivity index (χ3n) is 3.10. The van der Waals surface area contributed by atoms with Gasteiger partial charge in [-0.1, -0.05) is 0 Å². The van der Waals surface area contributed by atoms with Gasteiger partial charge in [-0.15, -0.1) is 4.83 Å². The molecule has 0 bridgehead atoms. The van der Waals surface area contributed by atoms with E-state index in [0.29, 0.717) is 18.7 Å². The molecule has 2 rings (SSSR count). The van der Waals surface area contributed by atoms with Gasteiger partial charge >= 0.3 is 6.09 Å². The van der Waals surface area contributed by atoms with Crippen molar-refractivity contribution in [2.24, 2.45) is 0 Å². The molecule has 9 heteroatoms. The number of nitrogens with zero attached hydrogens (tertiary/aromatic N) is 1. The van der Waals surface area contributed by atoms with Crippen molar-refractivity contribution < 1.29 is 22.7 Å². The van der Waals surface area contributed by atoms with Gasteiger partial charge in [0, 0.05) is 18.7 Å². The maximum absolute atomic E-state index is 12.0. The summed E-state index contributed by atoms with van der Waals surface area (Å²) in [6.45, 7) is 2.37. The van der Waals surface area contributed by atoms with Crippen molar-refractivity contribution in [1.82, 2.24) is 10.3 Å². The second-order valence-corrected chi connectivity index (χ2v) is 6.28. The van der Waals surface area contributed by atoms with Gasteiger partial charge in [-0.05, 0) is 37.6 Å². The highest BCUT2D eigenvalue weighted by Crippen LogP contribution is 2.22. The van der Waals surface area contributed by atoms with Gasteiger partial charge in [-0.3, -0.25) is 4.79 Å². The standard InChI is InChI=1S/C13H17N3O5S/c1-2-21-13(18)14-15-22(19,20)11-7-5-10(6-8-11)16-9-3-4-12(16)17/h5-8,15H,2-4,9H2,1H3,(H,14,18). The van der Waals surface area contributed by atoms with Crippen LogP contribution in [0.5, 0.6) is 0 Å². The Kier molecular flexibility index (Phi) is 4.99. The SMILES string of the molecule is CCOC(=O)NNS(=O)(=O)c1ccc(N2CCCC2=O)cc1. The van der Waals surface area contributed by atoms with Crippen LogP contribution in [0.15, 0.2) is 29.2 Å². The Bertz CT molecular complexity index is 657. The molecule has 0 radical (unpaired) electrons. The normalized spacial score (nSPS) is 15.0. The second kappa shape index (κ2) is 6.75. The molecule has 2 amide bonds. The van der Waals surface area contributed by atoms with Gasteiger partial charge in [-0.2, -0.15) is 0 Å². The Labute approximate surface area is 128 Å². The van der Waals surface area contributed by atoms with Crippen molar-refractivity contribution in [2.45, 2.75) is 24.7 Å². The molecule has 22 heavy (non-hydrogen) atoms. The van der Waals surface area contributed by atoms with Crippen LogP contribution < -0.4 is 15.2 Å². The van der Waals surface area contributed by atoms with Crippen molar-refractivity contribution in [2.75, 3.05) is 18.1 Å². The number of carbonyl (C=O) groups is 2. The monoisotopic (exact) mass is 327 g/mol. The van der Waals surface area contributed by atoms with E-state index < -0.39 is 16.1 Å². The number of benzene rings is 1. The minimum atomic E-state index is -3.89. The topological polar surface area (TPSA) is 105 Å². The van der Waals surface area contributed by atoms with Crippen LogP contribution in [0.3, 0.4) is 0 Å². The van der Waals surface area contributed by atoms with E-state index in [1.807, 2.05) is 10.3 Å². The Morgan fingerprint density at radius 3 is 2.55 bits per heavy atom. The predicted octanol–water partition coefficient (Wildman–Crippen LogP) is 0.753. The lowest BCUT2D eigenvalue weighted by Gasteiger charge is -2.16. The molecule has 0 aromatic heterocycles. The molecule has 1 aromatic carbocycles. The van der Waals surface area contributed by atoms with Crippen LogP contribution >= 0.6 is 0 Å². The number of amides is 2. The van der Waals surface area contributed by atoms with Crippen LogP contribution in [0.1, 0.15) is 19.8 Å². The number of anilines is 1. The maximum atomic E-state index is 12.0. The van der Waals surface area contributed by atoms with Gasteiger partial charge in [0.15, 0.2) is 0 Å². The van der Waals surface area contributed by atoms with E-state index in [4.69, 9.17) is 0 Å². The fourth-order valence-corrected chi connectivity index (χ4v) is 2.89. The van der Waals surface area contributed by atoms with E-state index in [-0.39, 0.29) is 17.4 Å². The van der Waals surface area contributed by atoms with Gasteiger partial charge in [0.25, 0.3) is 10.0 Å². The van der Waals surface area contributed by atoms with E-state index in [2.05, 4.69) is 4.74 Å². The Balaban J connectivity index is 2.05. The molecule has 0 aliphatic carbocycles. The summed E-state index contributed by atoms with van der Waals surface area (Å²) in [5.74, 6) is 0.0257. The predicted molar refractivity (Wildman–Crippen MR) is 78.5 cm³/mol. The summed E-state index contributed by atoms with van der Waals surface area (Å²) in [7, 11) is -3.89. The molecule has 0 spiro atoms. The molecule has 0 atom stereocenters. The average Bonchev–Trinajstić information content (AvgIpc) is 2.92. The van der Waals surface area contributed by atoms with Crippen molar-refractivity contribution in [3.8, 4) is 0 Å². The summed E-state index contributed by atoms with van der Waals surface area (Å²) in [5, 5.41) is 0. The molecule has 8 nitrogen and oxygen atoms in total. The number of carbonyl (C=O) groups excluding carboxylic acids is 2. The van der Waals surface area contributed by atoms with Crippen LogP contribution in [0.25, 0.3) is 0 Å². The summed E-state index contributed by atoms with van der Waals surface area (Å²) < 4.78 is 28.5. The number of hydrazine groups is 1. The molecule has 120 valence electrons. The molecule has 1 heterocycles. The van der Waals surface area contributed by atoms with E-state index in [1.54, 1.807) is 24.0 Å². The highest BCUT2D eigenvalue weighted by Gasteiger charge is 2.22. The fraction of sp³-hybridized carbons (Fsp3) is 0.385. The summed E-state index contributed by atoms with van der Waals surface area (Å²) in [6.07, 6.45) is 0.417. The Morgan fingerprint density at radius 1 is 1.32 bits per heavy atom. The van der Waals surface area contributed by atoms with Crippen molar-refractivity contribution in [1.29, 1.82) is 0 Å². The lowest BCUT2D eigenvalue weighted by atomic mass is 10.3. The van der Waals surface area contributed by atoms with Gasteiger partial charge in [0.1, 0.15) is 0 Å². The molecule has 1 aliphatic heterocycles. The lowest BCUT2D eigenvalue weighted by molar-refractivity contribution is -0.117. The van der Waals surface area contributed by atoms with Crippen molar-refractivity contribution in [3.05, 3.63) is 24.3 Å². The molecule has 0 unspecified atom stereocenters. The molecule has 1 aromatic rings. The number of rotatable bonds is 5. The summed E-state index contributed by atoms with van der Waals surface area (Å²) in [5.41, 5.74) is 2.59. The highest BCUT2D eigenvalue weighted by atomic mass is 32.2. The van der Waals surface area contributed by atoms with Crippen LogP contribution in [-0.2, 0) is 19.6 Å². The Hall–Kier alpha value is -2.13. The molecule has 2 N–H and O–H groups in total. The van der Waals surface area contributed by atoms with Crippen molar-refractivity contribution >= 4 is 27.7 Å². The number of hydrogen-bond acceptors (Lipinski definition) is 5. The van der Waals surface area contributed by atoms with Gasteiger partial charge in [0.05, 0.1) is 11.5 Å². The molecular formula is C13H17N3O5S. The number of ether oxygens (including phenoxy) is 1. The molecule has 1 saturated heterocycles. The summed E-state index contributed by atoms with van der Waals surface area (Å²) in [4.78, 5) is 26.2. The van der Waals surface area contributed by atoms with Gasteiger partial charge in [0.2, 0.25) is 5.91 Å². The van der Waals surface area contributed by atoms with Crippen LogP contribution in [0, 0.1) is 0 Å². The van der Waals surface area contributed by atoms with E-state index >= 15 is 0 Å². The van der Waals surface area contributed by atoms with Crippen molar-refractivity contribution in [3.63, 3.8) is 0 Å². The lowest BCUT2D eigenvalue weighted by Crippen LogP contribution is -2.41. The zero-order chi connectivity index (χ0) is 16.2. The maximum Gasteiger partial charge on any atom is 0.422 e. The molecule has 0 saturated carbocycles. The van der Waals surface area contributed by atoms with Crippen LogP contribution in [0.4, 0.5) is 10.5 Å². The molecular weight excluding hydrogens is 310 g/mol. The fourth-order valence-electron chi connectivity index (χ4n) is 2.06. The number of hydrogen-bond donors (Lipinski definition) is 2. The van der Waals surface area contributed by atoms with E-state index in [1.165, 1.54) is 12.1 Å². The van der Waals surface area contributed by atoms with Gasteiger partial charge < -0.3 is 9.64 Å². The number of sulfonamides is 1. The number of nitrogens with one attached hydrogen (secondary N) is 2. The highest BCUT2D eigenvalue weighted by molar-refractivity contribution is 7.89. The third-order valence-corrected chi connectivity index (χ3v) is 4.36. The smallest absolute Gasteiger partial charge is 0.422 e.